The normalized spacial score (nSPS) is 18.6. The van der Waals surface area contributed by atoms with Crippen molar-refractivity contribution >= 4 is 34.2 Å². The summed E-state index contributed by atoms with van der Waals surface area (Å²) >= 11 is 0. The topological polar surface area (TPSA) is 91.7 Å². The van der Waals surface area contributed by atoms with Crippen LogP contribution in [0.3, 0.4) is 0 Å². The van der Waals surface area contributed by atoms with Gasteiger partial charge >= 0.3 is 0 Å². The third-order valence-electron chi connectivity index (χ3n) is 5.45. The Labute approximate surface area is 166 Å². The van der Waals surface area contributed by atoms with E-state index in [0.29, 0.717) is 25.1 Å². The molecular weight excluding hydrogens is 370 g/mol. The molecule has 1 saturated heterocycles. The van der Waals surface area contributed by atoms with Gasteiger partial charge in [0.25, 0.3) is 5.91 Å². The summed E-state index contributed by atoms with van der Waals surface area (Å²) in [6.07, 6.45) is 2.20. The lowest BCUT2D eigenvalue weighted by atomic mass is 10.0. The SMILES string of the molecule is O=C1CCC(N2C(=O)c3cc(CNCc4ccco4)cc4cccc2c34)C(=O)N1. The Kier molecular flexibility index (Phi) is 4.17. The molecule has 2 N–H and O–H groups in total. The second-order valence-corrected chi connectivity index (χ2v) is 7.34. The number of rotatable bonds is 5. The first-order chi connectivity index (χ1) is 14.1. The van der Waals surface area contributed by atoms with Crippen LogP contribution < -0.4 is 15.5 Å². The Bertz CT molecular complexity index is 1140. The molecule has 0 bridgehead atoms. The van der Waals surface area contributed by atoms with E-state index in [1.165, 1.54) is 0 Å². The Morgan fingerprint density at radius 1 is 1.10 bits per heavy atom. The van der Waals surface area contributed by atoms with E-state index in [9.17, 15) is 14.4 Å². The molecule has 0 aliphatic carbocycles. The monoisotopic (exact) mass is 389 g/mol. The van der Waals surface area contributed by atoms with E-state index in [1.54, 1.807) is 11.2 Å². The molecule has 1 atom stereocenters. The lowest BCUT2D eigenvalue weighted by molar-refractivity contribution is -0.134. The fourth-order valence-corrected chi connectivity index (χ4v) is 4.16. The Morgan fingerprint density at radius 3 is 2.79 bits per heavy atom. The highest BCUT2D eigenvalue weighted by Gasteiger charge is 2.40. The van der Waals surface area contributed by atoms with E-state index in [2.05, 4.69) is 16.7 Å². The zero-order chi connectivity index (χ0) is 20.0. The number of piperidine rings is 1. The van der Waals surface area contributed by atoms with Gasteiger partial charge in [-0.05, 0) is 47.7 Å². The molecule has 0 spiro atoms. The highest BCUT2D eigenvalue weighted by Crippen LogP contribution is 2.40. The summed E-state index contributed by atoms with van der Waals surface area (Å²) in [7, 11) is 0. The Balaban J connectivity index is 1.45. The number of benzene rings is 2. The minimum absolute atomic E-state index is 0.196. The predicted octanol–water partition coefficient (Wildman–Crippen LogP) is 2.49. The van der Waals surface area contributed by atoms with E-state index in [0.717, 1.165) is 27.8 Å². The van der Waals surface area contributed by atoms with Crippen molar-refractivity contribution in [3.63, 3.8) is 0 Å². The van der Waals surface area contributed by atoms with Gasteiger partial charge in [-0.1, -0.05) is 12.1 Å². The van der Waals surface area contributed by atoms with Crippen LogP contribution in [-0.2, 0) is 22.7 Å². The molecule has 2 aliphatic rings. The number of hydrogen-bond donors (Lipinski definition) is 2. The number of carbonyl (C=O) groups excluding carboxylic acids is 3. The van der Waals surface area contributed by atoms with E-state index < -0.39 is 11.9 Å². The largest absolute Gasteiger partial charge is 0.468 e. The number of furan rings is 1. The van der Waals surface area contributed by atoms with Crippen molar-refractivity contribution in [3.05, 3.63) is 65.6 Å². The Morgan fingerprint density at radius 2 is 2.00 bits per heavy atom. The highest BCUT2D eigenvalue weighted by molar-refractivity contribution is 6.27. The van der Waals surface area contributed by atoms with Gasteiger partial charge in [0, 0.05) is 18.4 Å². The molecular formula is C22H19N3O4. The minimum Gasteiger partial charge on any atom is -0.468 e. The third-order valence-corrected chi connectivity index (χ3v) is 5.45. The van der Waals surface area contributed by atoms with Crippen LogP contribution in [0.2, 0.25) is 0 Å². The van der Waals surface area contributed by atoms with Crippen molar-refractivity contribution in [1.29, 1.82) is 0 Å². The van der Waals surface area contributed by atoms with E-state index in [4.69, 9.17) is 4.42 Å². The van der Waals surface area contributed by atoms with Gasteiger partial charge < -0.3 is 9.73 Å². The maximum absolute atomic E-state index is 13.2. The van der Waals surface area contributed by atoms with Crippen molar-refractivity contribution in [3.8, 4) is 0 Å². The molecule has 3 aromatic rings. The molecule has 1 fully saturated rings. The number of nitrogens with one attached hydrogen (secondary N) is 2. The van der Waals surface area contributed by atoms with Crippen LogP contribution in [-0.4, -0.2) is 23.8 Å². The molecule has 2 aromatic carbocycles. The number of amides is 3. The van der Waals surface area contributed by atoms with Crippen LogP contribution in [0, 0.1) is 0 Å². The van der Waals surface area contributed by atoms with Crippen LogP contribution in [0.4, 0.5) is 5.69 Å². The molecule has 3 amide bonds. The standard InChI is InChI=1S/C22H19N3O4/c26-19-7-6-18(21(27)24-19)25-17-5-1-3-14-9-13(10-16(20(14)17)22(25)28)11-23-12-15-4-2-8-29-15/h1-5,8-10,18,23H,6-7,11-12H2,(H,24,26,27). The predicted molar refractivity (Wildman–Crippen MR) is 106 cm³/mol. The summed E-state index contributed by atoms with van der Waals surface area (Å²) in [5.41, 5.74) is 2.30. The second kappa shape index (κ2) is 6.86. The molecule has 0 radical (unpaired) electrons. The van der Waals surface area contributed by atoms with E-state index >= 15 is 0 Å². The van der Waals surface area contributed by atoms with Gasteiger partial charge in [-0.3, -0.25) is 24.6 Å². The fourth-order valence-electron chi connectivity index (χ4n) is 4.16. The van der Waals surface area contributed by atoms with Crippen LogP contribution in [0.25, 0.3) is 10.8 Å². The molecule has 2 aliphatic heterocycles. The van der Waals surface area contributed by atoms with Gasteiger partial charge in [-0.15, -0.1) is 0 Å². The molecule has 7 heteroatoms. The number of imide groups is 1. The maximum Gasteiger partial charge on any atom is 0.259 e. The molecule has 146 valence electrons. The van der Waals surface area contributed by atoms with Crippen molar-refractivity contribution in [2.75, 3.05) is 4.90 Å². The average molecular weight is 389 g/mol. The zero-order valence-corrected chi connectivity index (χ0v) is 15.6. The summed E-state index contributed by atoms with van der Waals surface area (Å²) < 4.78 is 5.33. The summed E-state index contributed by atoms with van der Waals surface area (Å²) in [4.78, 5) is 38.7. The van der Waals surface area contributed by atoms with Crippen molar-refractivity contribution in [2.45, 2.75) is 32.0 Å². The molecule has 1 aromatic heterocycles. The van der Waals surface area contributed by atoms with Gasteiger partial charge in [-0.2, -0.15) is 0 Å². The first kappa shape index (κ1) is 17.6. The van der Waals surface area contributed by atoms with Crippen LogP contribution in [0.15, 0.2) is 53.1 Å². The summed E-state index contributed by atoms with van der Waals surface area (Å²) in [6, 6.07) is 12.7. The number of anilines is 1. The first-order valence-electron chi connectivity index (χ1n) is 9.58. The maximum atomic E-state index is 13.2. The van der Waals surface area contributed by atoms with E-state index in [-0.39, 0.29) is 18.2 Å². The second-order valence-electron chi connectivity index (χ2n) is 7.34. The lowest BCUT2D eigenvalue weighted by Crippen LogP contribution is -2.53. The molecule has 29 heavy (non-hydrogen) atoms. The van der Waals surface area contributed by atoms with Crippen molar-refractivity contribution < 1.29 is 18.8 Å². The Hall–Kier alpha value is -3.45. The van der Waals surface area contributed by atoms with Gasteiger partial charge in [0.1, 0.15) is 11.8 Å². The van der Waals surface area contributed by atoms with Gasteiger partial charge in [-0.25, -0.2) is 0 Å². The smallest absolute Gasteiger partial charge is 0.259 e. The molecule has 1 unspecified atom stereocenters. The minimum atomic E-state index is -0.668. The number of nitrogens with zero attached hydrogens (tertiary/aromatic N) is 1. The van der Waals surface area contributed by atoms with E-state index in [1.807, 2.05) is 36.4 Å². The quantitative estimate of drug-likeness (QED) is 0.654. The fraction of sp³-hybridized carbons (Fsp3) is 0.227. The van der Waals surface area contributed by atoms with Gasteiger partial charge in [0.2, 0.25) is 11.8 Å². The zero-order valence-electron chi connectivity index (χ0n) is 15.6. The summed E-state index contributed by atoms with van der Waals surface area (Å²) in [5, 5.41) is 7.48. The molecule has 3 heterocycles. The lowest BCUT2D eigenvalue weighted by Gasteiger charge is -2.30. The van der Waals surface area contributed by atoms with Crippen molar-refractivity contribution in [2.24, 2.45) is 0 Å². The molecule has 0 saturated carbocycles. The summed E-state index contributed by atoms with van der Waals surface area (Å²) in [6.45, 7) is 1.18. The first-order valence-corrected chi connectivity index (χ1v) is 9.58. The third kappa shape index (κ3) is 3.00. The van der Waals surface area contributed by atoms with Crippen LogP contribution >= 0.6 is 0 Å². The highest BCUT2D eigenvalue weighted by atomic mass is 16.3. The van der Waals surface area contributed by atoms with Gasteiger partial charge in [0.05, 0.1) is 24.1 Å². The van der Waals surface area contributed by atoms with Crippen LogP contribution in [0.5, 0.6) is 0 Å². The van der Waals surface area contributed by atoms with Gasteiger partial charge in [0.15, 0.2) is 0 Å². The number of hydrogen-bond acceptors (Lipinski definition) is 5. The molecule has 7 nitrogen and oxygen atoms in total. The number of carbonyl (C=O) groups is 3. The van der Waals surface area contributed by atoms with Crippen LogP contribution in [0.1, 0.15) is 34.5 Å². The summed E-state index contributed by atoms with van der Waals surface area (Å²) in [5.74, 6) is -0.0606. The van der Waals surface area contributed by atoms with Crippen molar-refractivity contribution in [1.82, 2.24) is 10.6 Å². The molecule has 5 rings (SSSR count). The average Bonchev–Trinajstić information content (AvgIpc) is 3.31.